The zero-order valence-corrected chi connectivity index (χ0v) is 13.1. The van der Waals surface area contributed by atoms with Crippen LogP contribution in [0.3, 0.4) is 0 Å². The molecule has 0 aliphatic rings. The maximum Gasteiger partial charge on any atom is 0.120 e. The Bertz CT molecular complexity index is 764. The van der Waals surface area contributed by atoms with Crippen LogP contribution in [0.4, 0.5) is 0 Å². The van der Waals surface area contributed by atoms with Gasteiger partial charge in [0.2, 0.25) is 0 Å². The smallest absolute Gasteiger partial charge is 0.120 e. The van der Waals surface area contributed by atoms with Gasteiger partial charge >= 0.3 is 0 Å². The summed E-state index contributed by atoms with van der Waals surface area (Å²) in [7, 11) is 0. The Morgan fingerprint density at radius 1 is 0.840 bits per heavy atom. The van der Waals surface area contributed by atoms with Crippen molar-refractivity contribution in [3.05, 3.63) is 102 Å². The Morgan fingerprint density at radius 3 is 1.76 bits per heavy atom. The lowest BCUT2D eigenvalue weighted by Crippen LogP contribution is -2.31. The van der Waals surface area contributed by atoms with Gasteiger partial charge in [-0.1, -0.05) is 73.2 Å². The Balaban J connectivity index is 0.00000225. The number of hydrogen-bond acceptors (Lipinski definition) is 4. The molecule has 128 valence electrons. The summed E-state index contributed by atoms with van der Waals surface area (Å²) in [6.45, 7) is 0. The van der Waals surface area contributed by atoms with E-state index in [1.165, 1.54) is 0 Å². The van der Waals surface area contributed by atoms with Crippen LogP contribution < -0.4 is 0 Å². The van der Waals surface area contributed by atoms with Gasteiger partial charge in [0.05, 0.1) is 5.71 Å². The van der Waals surface area contributed by atoms with Gasteiger partial charge in [-0.3, -0.25) is 4.98 Å². The minimum absolute atomic E-state index is 0. The Labute approximate surface area is 148 Å². The molecule has 0 unspecified atom stereocenters. The van der Waals surface area contributed by atoms with Crippen LogP contribution in [0.1, 0.15) is 30.5 Å². The van der Waals surface area contributed by atoms with Gasteiger partial charge in [0.1, 0.15) is 5.60 Å². The van der Waals surface area contributed by atoms with Crippen LogP contribution in [0.5, 0.6) is 0 Å². The lowest BCUT2D eigenvalue weighted by molar-refractivity contribution is 0.0881. The molecule has 2 aromatic carbocycles. The molecule has 1 aromatic heterocycles. The summed E-state index contributed by atoms with van der Waals surface area (Å²) in [4.78, 5) is 3.98. The molecular formula is C21H22N2O2. The van der Waals surface area contributed by atoms with Crippen molar-refractivity contribution < 1.29 is 10.3 Å². The standard InChI is InChI=1S/C20H18N2O2.CH4/c23-20(17-7-3-1-4-8-17,18-9-5-2-6-10-18)15-19(22-24)16-11-13-21-14-12-16;/h1-14,23-24H,15H2;1H4/b22-19-;. The van der Waals surface area contributed by atoms with Crippen molar-refractivity contribution in [2.24, 2.45) is 5.16 Å². The molecule has 3 rings (SSSR count). The van der Waals surface area contributed by atoms with Gasteiger partial charge in [-0.05, 0) is 23.3 Å². The summed E-state index contributed by atoms with van der Waals surface area (Å²) in [5.41, 5.74) is 1.30. The third-order valence-corrected chi connectivity index (χ3v) is 4.06. The number of benzene rings is 2. The van der Waals surface area contributed by atoms with Crippen LogP contribution in [0.2, 0.25) is 0 Å². The van der Waals surface area contributed by atoms with E-state index in [-0.39, 0.29) is 13.8 Å². The number of aromatic nitrogens is 1. The predicted molar refractivity (Wildman–Crippen MR) is 99.8 cm³/mol. The van der Waals surface area contributed by atoms with Crippen LogP contribution in [0.25, 0.3) is 0 Å². The van der Waals surface area contributed by atoms with E-state index in [1.54, 1.807) is 24.5 Å². The first kappa shape index (κ1) is 18.4. The Kier molecular flexibility index (Phi) is 6.03. The molecule has 0 spiro atoms. The lowest BCUT2D eigenvalue weighted by Gasteiger charge is -2.29. The highest BCUT2D eigenvalue weighted by molar-refractivity contribution is 6.01. The molecule has 2 N–H and O–H groups in total. The maximum absolute atomic E-state index is 11.5. The van der Waals surface area contributed by atoms with E-state index >= 15 is 0 Å². The third-order valence-electron chi connectivity index (χ3n) is 4.06. The van der Waals surface area contributed by atoms with Crippen molar-refractivity contribution in [1.82, 2.24) is 4.98 Å². The van der Waals surface area contributed by atoms with Gasteiger partial charge in [-0.15, -0.1) is 0 Å². The second-order valence-electron chi connectivity index (χ2n) is 5.55. The molecule has 25 heavy (non-hydrogen) atoms. The van der Waals surface area contributed by atoms with Gasteiger partial charge in [-0.25, -0.2) is 0 Å². The monoisotopic (exact) mass is 334 g/mol. The number of nitrogens with zero attached hydrogens (tertiary/aromatic N) is 2. The third kappa shape index (κ3) is 3.92. The first-order valence-corrected chi connectivity index (χ1v) is 7.69. The van der Waals surface area contributed by atoms with Crippen molar-refractivity contribution in [2.75, 3.05) is 0 Å². The van der Waals surface area contributed by atoms with E-state index in [1.807, 2.05) is 60.7 Å². The highest BCUT2D eigenvalue weighted by Gasteiger charge is 2.33. The fraction of sp³-hybridized carbons (Fsp3) is 0.143. The van der Waals surface area contributed by atoms with E-state index < -0.39 is 5.60 Å². The quantitative estimate of drug-likeness (QED) is 0.417. The molecule has 4 nitrogen and oxygen atoms in total. The van der Waals surface area contributed by atoms with E-state index in [9.17, 15) is 10.3 Å². The largest absolute Gasteiger partial charge is 0.411 e. The van der Waals surface area contributed by atoms with Crippen molar-refractivity contribution in [1.29, 1.82) is 0 Å². The van der Waals surface area contributed by atoms with E-state index in [0.717, 1.165) is 16.7 Å². The van der Waals surface area contributed by atoms with Crippen molar-refractivity contribution >= 4 is 5.71 Å². The number of aliphatic hydroxyl groups is 1. The number of pyridine rings is 1. The number of rotatable bonds is 5. The summed E-state index contributed by atoms with van der Waals surface area (Å²) in [6, 6.07) is 22.3. The first-order chi connectivity index (χ1) is 11.7. The Morgan fingerprint density at radius 2 is 1.32 bits per heavy atom. The zero-order valence-electron chi connectivity index (χ0n) is 13.1. The fourth-order valence-corrected chi connectivity index (χ4v) is 2.78. The van der Waals surface area contributed by atoms with Crippen LogP contribution in [-0.4, -0.2) is 21.0 Å². The predicted octanol–water partition coefficient (Wildman–Crippen LogP) is 4.22. The van der Waals surface area contributed by atoms with Gasteiger partial charge in [-0.2, -0.15) is 0 Å². The van der Waals surface area contributed by atoms with Crippen LogP contribution >= 0.6 is 0 Å². The average molecular weight is 334 g/mol. The van der Waals surface area contributed by atoms with Gasteiger partial charge < -0.3 is 10.3 Å². The Hall–Kier alpha value is -2.98. The summed E-state index contributed by atoms with van der Waals surface area (Å²) >= 11 is 0. The zero-order chi connectivity index (χ0) is 16.8. The van der Waals surface area contributed by atoms with E-state index in [4.69, 9.17) is 0 Å². The summed E-state index contributed by atoms with van der Waals surface area (Å²) in [5.74, 6) is 0. The highest BCUT2D eigenvalue weighted by atomic mass is 16.4. The molecule has 0 bridgehead atoms. The molecular weight excluding hydrogens is 312 g/mol. The van der Waals surface area contributed by atoms with Crippen LogP contribution in [0.15, 0.2) is 90.3 Å². The molecule has 1 heterocycles. The van der Waals surface area contributed by atoms with E-state index in [2.05, 4.69) is 10.1 Å². The molecule has 0 aliphatic heterocycles. The van der Waals surface area contributed by atoms with Crippen LogP contribution in [0, 0.1) is 0 Å². The molecule has 4 heteroatoms. The SMILES string of the molecule is C.O/N=C(/CC(O)(c1ccccc1)c1ccccc1)c1ccncc1. The molecule has 0 amide bonds. The minimum Gasteiger partial charge on any atom is -0.411 e. The molecule has 0 atom stereocenters. The van der Waals surface area contributed by atoms with Gasteiger partial charge in [0, 0.05) is 24.4 Å². The normalized spacial score (nSPS) is 11.6. The molecule has 0 aliphatic carbocycles. The maximum atomic E-state index is 11.5. The van der Waals surface area contributed by atoms with Crippen molar-refractivity contribution in [2.45, 2.75) is 19.4 Å². The van der Waals surface area contributed by atoms with Crippen LogP contribution in [-0.2, 0) is 5.60 Å². The molecule has 0 radical (unpaired) electrons. The number of oxime groups is 1. The molecule has 0 fully saturated rings. The highest BCUT2D eigenvalue weighted by Crippen LogP contribution is 2.34. The fourth-order valence-electron chi connectivity index (χ4n) is 2.78. The van der Waals surface area contributed by atoms with Crippen molar-refractivity contribution in [3.63, 3.8) is 0 Å². The summed E-state index contributed by atoms with van der Waals surface area (Å²) in [6.07, 6.45) is 3.40. The minimum atomic E-state index is -1.30. The average Bonchev–Trinajstić information content (AvgIpc) is 2.68. The molecule has 3 aromatic rings. The lowest BCUT2D eigenvalue weighted by atomic mass is 9.81. The summed E-state index contributed by atoms with van der Waals surface area (Å²) < 4.78 is 0. The van der Waals surface area contributed by atoms with Gasteiger partial charge in [0.25, 0.3) is 0 Å². The topological polar surface area (TPSA) is 65.7 Å². The van der Waals surface area contributed by atoms with Crippen molar-refractivity contribution in [3.8, 4) is 0 Å². The van der Waals surface area contributed by atoms with Gasteiger partial charge in [0.15, 0.2) is 0 Å². The first-order valence-electron chi connectivity index (χ1n) is 7.69. The number of hydrogen-bond donors (Lipinski definition) is 2. The summed E-state index contributed by atoms with van der Waals surface area (Å²) in [5, 5.41) is 24.4. The molecule has 0 saturated heterocycles. The van der Waals surface area contributed by atoms with E-state index in [0.29, 0.717) is 5.71 Å². The second kappa shape index (κ2) is 8.22. The second-order valence-corrected chi connectivity index (χ2v) is 5.55. The molecule has 0 saturated carbocycles.